The van der Waals surface area contributed by atoms with Gasteiger partial charge in [0.05, 0.1) is 16.7 Å². The Kier molecular flexibility index (Phi) is 5.70. The van der Waals surface area contributed by atoms with Crippen LogP contribution in [0, 0.1) is 11.3 Å². The number of nitrogens with one attached hydrogen (secondary N) is 1. The Morgan fingerprint density at radius 2 is 1.86 bits per heavy atom. The number of rotatable bonds is 4. The molecule has 0 spiro atoms. The number of esters is 1. The number of benzene rings is 1. The highest BCUT2D eigenvalue weighted by Gasteiger charge is 2.30. The predicted octanol–water partition coefficient (Wildman–Crippen LogP) is 4.31. The van der Waals surface area contributed by atoms with Crippen LogP contribution in [0.4, 0.5) is 18.2 Å². The van der Waals surface area contributed by atoms with Gasteiger partial charge in [0, 0.05) is 4.88 Å². The van der Waals surface area contributed by atoms with Crippen LogP contribution >= 0.6 is 11.3 Å². The molecule has 9 heteroatoms. The third-order valence-corrected chi connectivity index (χ3v) is 5.53. The first-order chi connectivity index (χ1) is 13.3. The van der Waals surface area contributed by atoms with E-state index >= 15 is 0 Å². The third-order valence-electron chi connectivity index (χ3n) is 4.32. The van der Waals surface area contributed by atoms with Gasteiger partial charge in [-0.2, -0.15) is 18.4 Å². The minimum atomic E-state index is -4.50. The van der Waals surface area contributed by atoms with Gasteiger partial charge in [0.15, 0.2) is 6.61 Å². The van der Waals surface area contributed by atoms with E-state index in [2.05, 4.69) is 11.4 Å². The second kappa shape index (κ2) is 8.02. The number of amides is 1. The summed E-state index contributed by atoms with van der Waals surface area (Å²) in [6.45, 7) is -0.604. The Bertz CT molecular complexity index is 943. The van der Waals surface area contributed by atoms with Gasteiger partial charge in [-0.25, -0.2) is 4.79 Å². The van der Waals surface area contributed by atoms with Crippen molar-refractivity contribution in [1.29, 1.82) is 5.26 Å². The fraction of sp³-hybridized carbons (Fsp3) is 0.316. The second-order valence-corrected chi connectivity index (χ2v) is 7.33. The molecule has 1 aliphatic rings. The first-order valence-electron chi connectivity index (χ1n) is 8.48. The molecule has 146 valence electrons. The van der Waals surface area contributed by atoms with Gasteiger partial charge in [-0.15, -0.1) is 11.3 Å². The topological polar surface area (TPSA) is 79.2 Å². The van der Waals surface area contributed by atoms with Gasteiger partial charge in [-0.1, -0.05) is 0 Å². The van der Waals surface area contributed by atoms with Gasteiger partial charge < -0.3 is 10.1 Å². The summed E-state index contributed by atoms with van der Waals surface area (Å²) in [5.74, 6) is -1.52. The van der Waals surface area contributed by atoms with Crippen LogP contribution in [-0.4, -0.2) is 18.5 Å². The summed E-state index contributed by atoms with van der Waals surface area (Å²) in [5, 5.41) is 12.4. The molecule has 0 fully saturated rings. The van der Waals surface area contributed by atoms with Crippen molar-refractivity contribution in [3.05, 3.63) is 51.4 Å². The summed E-state index contributed by atoms with van der Waals surface area (Å²) in [4.78, 5) is 25.1. The molecule has 0 unspecified atom stereocenters. The number of alkyl halides is 3. The van der Waals surface area contributed by atoms with Crippen LogP contribution in [0.5, 0.6) is 0 Å². The third kappa shape index (κ3) is 4.34. The van der Waals surface area contributed by atoms with Crippen molar-refractivity contribution in [3.63, 3.8) is 0 Å². The number of hydrogen-bond donors (Lipinski definition) is 1. The van der Waals surface area contributed by atoms with Gasteiger partial charge in [-0.05, 0) is 55.5 Å². The van der Waals surface area contributed by atoms with Crippen molar-refractivity contribution < 1.29 is 27.5 Å². The smallest absolute Gasteiger partial charge is 0.416 e. The quantitative estimate of drug-likeness (QED) is 0.765. The molecule has 5 nitrogen and oxygen atoms in total. The monoisotopic (exact) mass is 408 g/mol. The molecule has 0 saturated carbocycles. The van der Waals surface area contributed by atoms with Crippen molar-refractivity contribution in [2.75, 3.05) is 11.9 Å². The van der Waals surface area contributed by atoms with Crippen LogP contribution in [-0.2, 0) is 28.5 Å². The molecule has 28 heavy (non-hydrogen) atoms. The van der Waals surface area contributed by atoms with E-state index in [1.54, 1.807) is 0 Å². The van der Waals surface area contributed by atoms with E-state index in [1.165, 1.54) is 11.3 Å². The lowest BCUT2D eigenvalue weighted by Gasteiger charge is -2.09. The van der Waals surface area contributed by atoms with Crippen molar-refractivity contribution >= 4 is 28.2 Å². The fourth-order valence-corrected chi connectivity index (χ4v) is 4.20. The number of aryl methyl sites for hydroxylation is 1. The van der Waals surface area contributed by atoms with Gasteiger partial charge >= 0.3 is 12.1 Å². The molecule has 2 aromatic rings. The summed E-state index contributed by atoms with van der Waals surface area (Å²) in [5.41, 5.74) is 0.440. The number of anilines is 1. The van der Waals surface area contributed by atoms with Crippen molar-refractivity contribution in [1.82, 2.24) is 0 Å². The lowest BCUT2D eigenvalue weighted by Crippen LogP contribution is -2.21. The maximum atomic E-state index is 12.5. The first-order valence-corrected chi connectivity index (χ1v) is 9.30. The van der Waals surface area contributed by atoms with Crippen molar-refractivity contribution in [2.24, 2.45) is 0 Å². The minimum absolute atomic E-state index is 0.0925. The Balaban J connectivity index is 1.60. The number of carbonyl (C=O) groups is 2. The minimum Gasteiger partial charge on any atom is -0.452 e. The number of carbonyl (C=O) groups excluding carboxylic acids is 2. The van der Waals surface area contributed by atoms with E-state index in [-0.39, 0.29) is 5.56 Å². The Hall–Kier alpha value is -2.86. The van der Waals surface area contributed by atoms with E-state index in [0.29, 0.717) is 10.6 Å². The van der Waals surface area contributed by atoms with Crippen LogP contribution in [0.3, 0.4) is 0 Å². The van der Waals surface area contributed by atoms with Gasteiger partial charge in [0.25, 0.3) is 5.91 Å². The van der Waals surface area contributed by atoms with E-state index in [0.717, 1.165) is 60.4 Å². The molecule has 1 aliphatic carbocycles. The maximum Gasteiger partial charge on any atom is 0.416 e. The number of halogens is 3. The van der Waals surface area contributed by atoms with Crippen LogP contribution in [0.1, 0.15) is 44.8 Å². The van der Waals surface area contributed by atoms with E-state index < -0.39 is 30.2 Å². The average molecular weight is 408 g/mol. The molecule has 0 atom stereocenters. The number of nitrogens with zero attached hydrogens (tertiary/aromatic N) is 1. The van der Waals surface area contributed by atoms with Crippen molar-refractivity contribution in [3.8, 4) is 6.07 Å². The normalized spacial score (nSPS) is 13.4. The first kappa shape index (κ1) is 19.9. The van der Waals surface area contributed by atoms with Crippen LogP contribution < -0.4 is 5.32 Å². The van der Waals surface area contributed by atoms with Crippen LogP contribution in [0.15, 0.2) is 24.3 Å². The highest BCUT2D eigenvalue weighted by molar-refractivity contribution is 7.16. The zero-order valence-corrected chi connectivity index (χ0v) is 15.4. The summed E-state index contributed by atoms with van der Waals surface area (Å²) in [6, 6.07) is 5.63. The molecule has 1 aromatic heterocycles. The molecule has 1 N–H and O–H groups in total. The number of ether oxygens (including phenoxy) is 1. The molecule has 0 aliphatic heterocycles. The van der Waals surface area contributed by atoms with Crippen LogP contribution in [0.25, 0.3) is 0 Å². The highest BCUT2D eigenvalue weighted by Crippen LogP contribution is 2.37. The van der Waals surface area contributed by atoms with Gasteiger partial charge in [-0.3, -0.25) is 4.79 Å². The second-order valence-electron chi connectivity index (χ2n) is 6.23. The zero-order chi connectivity index (χ0) is 20.3. The van der Waals surface area contributed by atoms with E-state index in [1.807, 2.05) is 0 Å². The van der Waals surface area contributed by atoms with Gasteiger partial charge in [0.2, 0.25) is 0 Å². The standard InChI is InChI=1S/C19H15F3N2O3S/c20-19(21,22)12-7-5-11(6-8-12)18(26)27-10-16(25)24-17-14(9-23)13-3-1-2-4-15(13)28-17/h5-8H,1-4,10H2,(H,24,25). The lowest BCUT2D eigenvalue weighted by molar-refractivity contribution is -0.137. The van der Waals surface area contributed by atoms with E-state index in [9.17, 15) is 28.0 Å². The highest BCUT2D eigenvalue weighted by atomic mass is 32.1. The summed E-state index contributed by atoms with van der Waals surface area (Å²) >= 11 is 1.35. The number of nitriles is 1. The Morgan fingerprint density at radius 1 is 1.18 bits per heavy atom. The molecule has 0 radical (unpaired) electrons. The van der Waals surface area contributed by atoms with Gasteiger partial charge in [0.1, 0.15) is 11.1 Å². The van der Waals surface area contributed by atoms with E-state index in [4.69, 9.17) is 4.74 Å². The zero-order valence-electron chi connectivity index (χ0n) is 14.6. The maximum absolute atomic E-state index is 12.5. The predicted molar refractivity (Wildman–Crippen MR) is 96.0 cm³/mol. The summed E-state index contributed by atoms with van der Waals surface area (Å²) in [6.07, 6.45) is -0.797. The molecular formula is C19H15F3N2O3S. The number of hydrogen-bond acceptors (Lipinski definition) is 5. The molecule has 1 aromatic carbocycles. The molecule has 3 rings (SSSR count). The number of thiophene rings is 1. The lowest BCUT2D eigenvalue weighted by atomic mass is 9.96. The SMILES string of the molecule is N#Cc1c(NC(=O)COC(=O)c2ccc(C(F)(F)F)cc2)sc2c1CCCC2. The molecule has 1 heterocycles. The van der Waals surface area contributed by atoms with Crippen LogP contribution in [0.2, 0.25) is 0 Å². The average Bonchev–Trinajstić information content (AvgIpc) is 3.02. The van der Waals surface area contributed by atoms with Crippen molar-refractivity contribution in [2.45, 2.75) is 31.9 Å². The summed E-state index contributed by atoms with van der Waals surface area (Å²) < 4.78 is 42.5. The Morgan fingerprint density at radius 3 is 2.50 bits per heavy atom. The molecule has 0 saturated heterocycles. The molecule has 0 bridgehead atoms. The largest absolute Gasteiger partial charge is 0.452 e. The molecular weight excluding hydrogens is 393 g/mol. The fourth-order valence-electron chi connectivity index (χ4n) is 2.94. The Labute approximate surface area is 162 Å². The number of fused-ring (bicyclic) bond motifs is 1. The molecule has 1 amide bonds. The summed E-state index contributed by atoms with van der Waals surface area (Å²) in [7, 11) is 0.